The first-order valence-electron chi connectivity index (χ1n) is 9.51. The van der Waals surface area contributed by atoms with Crippen molar-refractivity contribution >= 4 is 16.8 Å². The molecule has 1 atom stereocenters. The number of carbonyl (C=O) groups excluding carboxylic acids is 1. The first-order valence-corrected chi connectivity index (χ1v) is 9.51. The minimum atomic E-state index is -0.182. The Hall–Kier alpha value is -3.67. The standard InChI is InChI=1S/C23H19N3O3/c1-29-17-9-7-14(8-10-17)15-11-18-19(20(27)12-15)13-24-22-21(18)23(28)26(25-22)16-5-3-2-4-6-16/h2-10,13,15H,11-12H2,1H3,(H,24,25)/t15-/m0/s1. The fourth-order valence-electron chi connectivity index (χ4n) is 4.11. The van der Waals surface area contributed by atoms with E-state index in [-0.39, 0.29) is 17.3 Å². The number of nitrogens with one attached hydrogen (secondary N) is 1. The Labute approximate surface area is 166 Å². The molecule has 6 nitrogen and oxygen atoms in total. The lowest BCUT2D eigenvalue weighted by atomic mass is 9.79. The topological polar surface area (TPSA) is 77.0 Å². The molecule has 0 fully saturated rings. The Bertz CT molecular complexity index is 1270. The number of hydrogen-bond acceptors (Lipinski definition) is 4. The molecule has 0 unspecified atom stereocenters. The Kier molecular flexibility index (Phi) is 4.05. The number of ether oxygens (including phenoxy) is 1. The number of H-pyrrole nitrogens is 1. The van der Waals surface area contributed by atoms with Crippen LogP contribution in [0.4, 0.5) is 0 Å². The van der Waals surface area contributed by atoms with Crippen molar-refractivity contribution in [2.75, 3.05) is 7.11 Å². The number of aromatic nitrogens is 3. The van der Waals surface area contributed by atoms with Crippen molar-refractivity contribution in [3.8, 4) is 11.4 Å². The molecule has 2 aromatic heterocycles. The highest BCUT2D eigenvalue weighted by atomic mass is 16.5. The predicted molar refractivity (Wildman–Crippen MR) is 110 cm³/mol. The number of fused-ring (bicyclic) bond motifs is 3. The number of rotatable bonds is 3. The summed E-state index contributed by atoms with van der Waals surface area (Å²) in [5.41, 5.74) is 3.45. The van der Waals surface area contributed by atoms with Gasteiger partial charge in [0.1, 0.15) is 5.75 Å². The quantitative estimate of drug-likeness (QED) is 0.584. The van der Waals surface area contributed by atoms with E-state index in [4.69, 9.17) is 4.74 Å². The first kappa shape index (κ1) is 17.4. The number of methoxy groups -OCH3 is 1. The van der Waals surface area contributed by atoms with Gasteiger partial charge in [-0.25, -0.2) is 9.67 Å². The molecule has 0 saturated carbocycles. The van der Waals surface area contributed by atoms with Crippen LogP contribution in [0.1, 0.15) is 33.8 Å². The van der Waals surface area contributed by atoms with Crippen LogP contribution < -0.4 is 10.3 Å². The van der Waals surface area contributed by atoms with Crippen molar-refractivity contribution < 1.29 is 9.53 Å². The van der Waals surface area contributed by atoms with E-state index in [9.17, 15) is 9.59 Å². The fourth-order valence-corrected chi connectivity index (χ4v) is 4.11. The van der Waals surface area contributed by atoms with E-state index in [1.165, 1.54) is 4.68 Å². The van der Waals surface area contributed by atoms with Gasteiger partial charge >= 0.3 is 0 Å². The van der Waals surface area contributed by atoms with E-state index in [0.717, 1.165) is 22.6 Å². The van der Waals surface area contributed by atoms with Crippen LogP contribution in [0.5, 0.6) is 5.75 Å². The molecule has 1 aliphatic rings. The monoisotopic (exact) mass is 385 g/mol. The van der Waals surface area contributed by atoms with Gasteiger partial charge in [0.15, 0.2) is 11.4 Å². The molecule has 1 N–H and O–H groups in total. The molecule has 1 aliphatic carbocycles. The lowest BCUT2D eigenvalue weighted by Gasteiger charge is -2.24. The third kappa shape index (κ3) is 2.84. The van der Waals surface area contributed by atoms with Crippen LogP contribution in [0.2, 0.25) is 0 Å². The number of Topliss-reactive ketones (excluding diaryl/α,β-unsaturated/α-hetero) is 1. The summed E-state index contributed by atoms with van der Waals surface area (Å²) in [7, 11) is 1.63. The fraction of sp³-hybridized carbons (Fsp3) is 0.174. The number of ketones is 1. The number of pyridine rings is 1. The van der Waals surface area contributed by atoms with Gasteiger partial charge in [-0.1, -0.05) is 30.3 Å². The van der Waals surface area contributed by atoms with Gasteiger partial charge in [0.05, 0.1) is 18.2 Å². The number of carbonyl (C=O) groups is 1. The average molecular weight is 385 g/mol. The molecule has 29 heavy (non-hydrogen) atoms. The van der Waals surface area contributed by atoms with E-state index >= 15 is 0 Å². The normalized spacial score (nSPS) is 16.0. The van der Waals surface area contributed by atoms with E-state index in [1.54, 1.807) is 13.3 Å². The van der Waals surface area contributed by atoms with Crippen molar-refractivity contribution in [1.82, 2.24) is 14.8 Å². The maximum atomic E-state index is 13.2. The molecule has 0 saturated heterocycles. The third-order valence-electron chi connectivity index (χ3n) is 5.61. The molecule has 4 aromatic rings. The molecule has 0 amide bonds. The first-order chi connectivity index (χ1) is 14.2. The highest BCUT2D eigenvalue weighted by Crippen LogP contribution is 2.35. The highest BCUT2D eigenvalue weighted by Gasteiger charge is 2.30. The van der Waals surface area contributed by atoms with Gasteiger partial charge in [-0.2, -0.15) is 0 Å². The van der Waals surface area contributed by atoms with Crippen molar-refractivity contribution in [3.63, 3.8) is 0 Å². The van der Waals surface area contributed by atoms with Gasteiger partial charge in [-0.15, -0.1) is 0 Å². The number of para-hydroxylation sites is 1. The predicted octanol–water partition coefficient (Wildman–Crippen LogP) is 3.64. The summed E-state index contributed by atoms with van der Waals surface area (Å²) in [6.07, 6.45) is 2.62. The maximum Gasteiger partial charge on any atom is 0.281 e. The lowest BCUT2D eigenvalue weighted by molar-refractivity contribution is 0.0964. The highest BCUT2D eigenvalue weighted by molar-refractivity contribution is 6.02. The Morgan fingerprint density at radius 3 is 2.52 bits per heavy atom. The van der Waals surface area contributed by atoms with Crippen LogP contribution in [0.15, 0.2) is 65.6 Å². The maximum absolute atomic E-state index is 13.2. The van der Waals surface area contributed by atoms with Crippen molar-refractivity contribution in [1.29, 1.82) is 0 Å². The molecular weight excluding hydrogens is 366 g/mol. The van der Waals surface area contributed by atoms with E-state index < -0.39 is 0 Å². The molecule has 6 heteroatoms. The van der Waals surface area contributed by atoms with Crippen LogP contribution in [0.3, 0.4) is 0 Å². The minimum absolute atomic E-state index is 0.0194. The largest absolute Gasteiger partial charge is 0.497 e. The summed E-state index contributed by atoms with van der Waals surface area (Å²) in [4.78, 5) is 30.4. The summed E-state index contributed by atoms with van der Waals surface area (Å²) in [5.74, 6) is 0.818. The second kappa shape index (κ2) is 6.74. The van der Waals surface area contributed by atoms with E-state index in [2.05, 4.69) is 10.1 Å². The van der Waals surface area contributed by atoms with Gasteiger partial charge < -0.3 is 4.74 Å². The van der Waals surface area contributed by atoms with Crippen LogP contribution in [0, 0.1) is 0 Å². The van der Waals surface area contributed by atoms with Crippen LogP contribution in [-0.4, -0.2) is 27.7 Å². The van der Waals surface area contributed by atoms with Gasteiger partial charge in [0.25, 0.3) is 5.56 Å². The van der Waals surface area contributed by atoms with Gasteiger partial charge in [-0.05, 0) is 47.7 Å². The van der Waals surface area contributed by atoms with Gasteiger partial charge in [-0.3, -0.25) is 14.7 Å². The Morgan fingerprint density at radius 2 is 1.79 bits per heavy atom. The third-order valence-corrected chi connectivity index (χ3v) is 5.61. The van der Waals surface area contributed by atoms with Crippen molar-refractivity contribution in [2.24, 2.45) is 0 Å². The summed E-state index contributed by atoms with van der Waals surface area (Å²) >= 11 is 0. The van der Waals surface area contributed by atoms with E-state index in [1.807, 2.05) is 54.6 Å². The number of hydrogen-bond donors (Lipinski definition) is 1. The van der Waals surface area contributed by atoms with Crippen LogP contribution in [-0.2, 0) is 6.42 Å². The number of benzene rings is 2. The van der Waals surface area contributed by atoms with E-state index in [0.29, 0.717) is 29.4 Å². The van der Waals surface area contributed by atoms with Crippen LogP contribution >= 0.6 is 0 Å². The summed E-state index contributed by atoms with van der Waals surface area (Å²) in [6.45, 7) is 0. The molecule has 0 bridgehead atoms. The lowest BCUT2D eigenvalue weighted by Crippen LogP contribution is -2.22. The molecule has 5 rings (SSSR count). The molecule has 0 radical (unpaired) electrons. The molecule has 0 spiro atoms. The zero-order valence-corrected chi connectivity index (χ0v) is 15.9. The summed E-state index contributed by atoms with van der Waals surface area (Å²) in [6, 6.07) is 17.1. The molecular formula is C23H19N3O3. The zero-order valence-electron chi connectivity index (χ0n) is 15.9. The SMILES string of the molecule is COc1ccc([C@@H]2CC(=O)c3cnc4[nH]n(-c5ccccc5)c(=O)c4c3C2)cc1. The Balaban J connectivity index is 1.63. The zero-order chi connectivity index (χ0) is 20.0. The number of nitrogens with zero attached hydrogens (tertiary/aromatic N) is 2. The molecule has 2 heterocycles. The summed E-state index contributed by atoms with van der Waals surface area (Å²) < 4.78 is 6.71. The minimum Gasteiger partial charge on any atom is -0.497 e. The second-order valence-corrected chi connectivity index (χ2v) is 7.26. The van der Waals surface area contributed by atoms with Crippen molar-refractivity contribution in [2.45, 2.75) is 18.8 Å². The Morgan fingerprint density at radius 1 is 1.03 bits per heavy atom. The molecule has 2 aromatic carbocycles. The average Bonchev–Trinajstić information content (AvgIpc) is 3.11. The smallest absolute Gasteiger partial charge is 0.281 e. The van der Waals surface area contributed by atoms with Crippen LogP contribution in [0.25, 0.3) is 16.7 Å². The second-order valence-electron chi connectivity index (χ2n) is 7.26. The molecule has 0 aliphatic heterocycles. The van der Waals surface area contributed by atoms with Gasteiger partial charge in [0.2, 0.25) is 0 Å². The molecule has 144 valence electrons. The van der Waals surface area contributed by atoms with Gasteiger partial charge in [0, 0.05) is 18.2 Å². The number of aromatic amines is 1. The summed E-state index contributed by atoms with van der Waals surface area (Å²) in [5, 5.41) is 3.58. The van der Waals surface area contributed by atoms with Crippen molar-refractivity contribution in [3.05, 3.63) is 87.8 Å².